The first-order valence-corrected chi connectivity index (χ1v) is 9.97. The Morgan fingerprint density at radius 3 is 2.35 bits per heavy atom. The van der Waals surface area contributed by atoms with Gasteiger partial charge >= 0.3 is 0 Å². The molecule has 1 aliphatic rings. The van der Waals surface area contributed by atoms with Crippen LogP contribution < -0.4 is 4.90 Å². The second-order valence-electron chi connectivity index (χ2n) is 6.42. The van der Waals surface area contributed by atoms with Gasteiger partial charge in [0.1, 0.15) is 0 Å². The Labute approximate surface area is 139 Å². The molecular formula is C17H26N2O3S. The number of amides is 1. The van der Waals surface area contributed by atoms with Gasteiger partial charge in [0.15, 0.2) is 9.84 Å². The fourth-order valence-electron chi connectivity index (χ4n) is 3.31. The first-order valence-electron chi connectivity index (χ1n) is 8.01. The summed E-state index contributed by atoms with van der Waals surface area (Å²) in [6, 6.07) is 9.39. The van der Waals surface area contributed by atoms with Gasteiger partial charge in [0, 0.05) is 25.0 Å². The van der Waals surface area contributed by atoms with Crippen LogP contribution in [0.3, 0.4) is 0 Å². The number of likely N-dealkylation sites (N-methyl/N-ethyl adjacent to an activating group) is 2. The zero-order chi connectivity index (χ0) is 17.0. The van der Waals surface area contributed by atoms with Crippen molar-refractivity contribution in [2.75, 3.05) is 31.8 Å². The molecule has 1 saturated carbocycles. The minimum atomic E-state index is -3.09. The highest BCUT2D eigenvalue weighted by Gasteiger charge is 2.35. The molecule has 1 aromatic rings. The fourth-order valence-corrected chi connectivity index (χ4v) is 4.82. The monoisotopic (exact) mass is 338 g/mol. The van der Waals surface area contributed by atoms with Gasteiger partial charge in [-0.1, -0.05) is 31.0 Å². The lowest BCUT2D eigenvalue weighted by molar-refractivity contribution is -0.119. The van der Waals surface area contributed by atoms with Crippen molar-refractivity contribution in [3.63, 3.8) is 0 Å². The number of hydrogen-bond acceptors (Lipinski definition) is 4. The number of sulfone groups is 1. The Hall–Kier alpha value is -1.40. The van der Waals surface area contributed by atoms with Gasteiger partial charge in [-0.15, -0.1) is 0 Å². The van der Waals surface area contributed by atoms with Crippen molar-refractivity contribution in [1.82, 2.24) is 4.90 Å². The normalized spacial score (nSPS) is 22.1. The molecule has 2 atom stereocenters. The average molecular weight is 338 g/mol. The third kappa shape index (κ3) is 4.54. The van der Waals surface area contributed by atoms with E-state index in [-0.39, 0.29) is 23.7 Å². The number of hydrogen-bond donors (Lipinski definition) is 0. The van der Waals surface area contributed by atoms with Gasteiger partial charge in [-0.3, -0.25) is 9.69 Å². The molecule has 0 bridgehead atoms. The minimum absolute atomic E-state index is 0.0310. The quantitative estimate of drug-likeness (QED) is 0.823. The Balaban J connectivity index is 2.05. The van der Waals surface area contributed by atoms with Crippen molar-refractivity contribution < 1.29 is 13.2 Å². The van der Waals surface area contributed by atoms with E-state index in [4.69, 9.17) is 0 Å². The van der Waals surface area contributed by atoms with Crippen LogP contribution in [0.1, 0.15) is 25.7 Å². The molecule has 128 valence electrons. The second-order valence-corrected chi connectivity index (χ2v) is 8.69. The van der Waals surface area contributed by atoms with E-state index in [1.807, 2.05) is 42.3 Å². The fraction of sp³-hybridized carbons (Fsp3) is 0.588. The molecule has 0 N–H and O–H groups in total. The topological polar surface area (TPSA) is 57.7 Å². The molecule has 0 aliphatic heterocycles. The molecule has 0 radical (unpaired) electrons. The van der Waals surface area contributed by atoms with Gasteiger partial charge in [-0.2, -0.15) is 0 Å². The molecule has 23 heavy (non-hydrogen) atoms. The smallest absolute Gasteiger partial charge is 0.240 e. The van der Waals surface area contributed by atoms with Gasteiger partial charge in [-0.25, -0.2) is 8.42 Å². The van der Waals surface area contributed by atoms with E-state index >= 15 is 0 Å². The van der Waals surface area contributed by atoms with E-state index < -0.39 is 9.84 Å². The molecule has 1 amide bonds. The standard InChI is InChI=1S/C17H26N2O3S/c1-18(15-11-7-8-12-16(15)23(3,21)22)13-17(20)19(2)14-9-5-4-6-10-14/h4-6,9-10,15-16H,7-8,11-13H2,1-3H3/t15-,16-/m1/s1. The lowest BCUT2D eigenvalue weighted by Gasteiger charge is -2.37. The molecule has 0 aromatic heterocycles. The molecule has 1 aliphatic carbocycles. The van der Waals surface area contributed by atoms with E-state index in [1.165, 1.54) is 6.26 Å². The maximum absolute atomic E-state index is 12.5. The molecule has 6 heteroatoms. The molecule has 1 fully saturated rings. The van der Waals surface area contributed by atoms with Gasteiger partial charge in [0.2, 0.25) is 5.91 Å². The minimum Gasteiger partial charge on any atom is -0.314 e. The number of para-hydroxylation sites is 1. The SMILES string of the molecule is CN(C(=O)CN(C)[C@@H]1CCCC[C@H]1S(C)(=O)=O)c1ccccc1. The van der Waals surface area contributed by atoms with Crippen LogP contribution in [0.2, 0.25) is 0 Å². The number of nitrogens with zero attached hydrogens (tertiary/aromatic N) is 2. The number of rotatable bonds is 5. The van der Waals surface area contributed by atoms with Gasteiger partial charge < -0.3 is 4.90 Å². The Morgan fingerprint density at radius 1 is 1.13 bits per heavy atom. The summed E-state index contributed by atoms with van der Waals surface area (Å²) in [5.41, 5.74) is 0.842. The maximum atomic E-state index is 12.5. The zero-order valence-corrected chi connectivity index (χ0v) is 14.9. The van der Waals surface area contributed by atoms with E-state index in [0.717, 1.165) is 24.9 Å². The van der Waals surface area contributed by atoms with E-state index in [2.05, 4.69) is 0 Å². The van der Waals surface area contributed by atoms with Crippen molar-refractivity contribution in [1.29, 1.82) is 0 Å². The van der Waals surface area contributed by atoms with Crippen LogP contribution in [0.4, 0.5) is 5.69 Å². The summed E-state index contributed by atoms with van der Waals surface area (Å²) in [5.74, 6) is -0.0310. The number of benzene rings is 1. The van der Waals surface area contributed by atoms with Crippen molar-refractivity contribution in [2.24, 2.45) is 0 Å². The van der Waals surface area contributed by atoms with E-state index in [0.29, 0.717) is 6.42 Å². The zero-order valence-electron chi connectivity index (χ0n) is 14.1. The molecule has 0 unspecified atom stereocenters. The number of carbonyl (C=O) groups excluding carboxylic acids is 1. The molecule has 1 aromatic carbocycles. The molecule has 2 rings (SSSR count). The Morgan fingerprint density at radius 2 is 1.74 bits per heavy atom. The number of anilines is 1. The Bertz CT molecular complexity index is 630. The molecule has 0 heterocycles. The molecule has 0 saturated heterocycles. The summed E-state index contributed by atoms with van der Waals surface area (Å²) in [4.78, 5) is 16.0. The Kier molecular flexibility index (Phi) is 5.81. The number of carbonyl (C=O) groups is 1. The van der Waals surface area contributed by atoms with Crippen LogP contribution in [0.25, 0.3) is 0 Å². The molecule has 0 spiro atoms. The van der Waals surface area contributed by atoms with Crippen molar-refractivity contribution in [2.45, 2.75) is 37.0 Å². The molecule has 5 nitrogen and oxygen atoms in total. The van der Waals surface area contributed by atoms with E-state index in [1.54, 1.807) is 11.9 Å². The van der Waals surface area contributed by atoms with Crippen LogP contribution in [-0.2, 0) is 14.6 Å². The van der Waals surface area contributed by atoms with Gasteiger partial charge in [0.05, 0.1) is 11.8 Å². The summed E-state index contributed by atoms with van der Waals surface area (Å²) in [6.45, 7) is 0.224. The van der Waals surface area contributed by atoms with Crippen molar-refractivity contribution >= 4 is 21.4 Å². The predicted molar refractivity (Wildman–Crippen MR) is 93.4 cm³/mol. The third-order valence-electron chi connectivity index (χ3n) is 4.69. The van der Waals surface area contributed by atoms with Crippen LogP contribution in [0.15, 0.2) is 30.3 Å². The first-order chi connectivity index (χ1) is 10.8. The van der Waals surface area contributed by atoms with Crippen LogP contribution >= 0.6 is 0 Å². The third-order valence-corrected chi connectivity index (χ3v) is 6.34. The van der Waals surface area contributed by atoms with Crippen LogP contribution in [0.5, 0.6) is 0 Å². The van der Waals surface area contributed by atoms with Gasteiger partial charge in [-0.05, 0) is 32.0 Å². The highest BCUT2D eigenvalue weighted by Crippen LogP contribution is 2.27. The highest BCUT2D eigenvalue weighted by molar-refractivity contribution is 7.91. The first kappa shape index (κ1) is 17.9. The summed E-state index contributed by atoms with van der Waals surface area (Å²) >= 11 is 0. The highest BCUT2D eigenvalue weighted by atomic mass is 32.2. The molecular weight excluding hydrogens is 312 g/mol. The summed E-state index contributed by atoms with van der Waals surface area (Å²) < 4.78 is 24.0. The summed E-state index contributed by atoms with van der Waals surface area (Å²) in [5, 5.41) is -0.365. The maximum Gasteiger partial charge on any atom is 0.240 e. The van der Waals surface area contributed by atoms with Gasteiger partial charge in [0.25, 0.3) is 0 Å². The van der Waals surface area contributed by atoms with E-state index in [9.17, 15) is 13.2 Å². The second kappa shape index (κ2) is 7.45. The lowest BCUT2D eigenvalue weighted by Crippen LogP contribution is -2.50. The summed E-state index contributed by atoms with van der Waals surface area (Å²) in [7, 11) is 0.508. The summed E-state index contributed by atoms with van der Waals surface area (Å²) in [6.07, 6.45) is 4.79. The van der Waals surface area contributed by atoms with Crippen LogP contribution in [0, 0.1) is 0 Å². The average Bonchev–Trinajstić information content (AvgIpc) is 2.54. The van der Waals surface area contributed by atoms with Crippen molar-refractivity contribution in [3.8, 4) is 0 Å². The predicted octanol–water partition coefficient (Wildman–Crippen LogP) is 1.94. The van der Waals surface area contributed by atoms with Crippen molar-refractivity contribution in [3.05, 3.63) is 30.3 Å². The lowest BCUT2D eigenvalue weighted by atomic mass is 9.94. The largest absolute Gasteiger partial charge is 0.314 e. The van der Waals surface area contributed by atoms with Crippen LogP contribution in [-0.4, -0.2) is 57.4 Å².